The van der Waals surface area contributed by atoms with Crippen LogP contribution in [0.25, 0.3) is 0 Å². The van der Waals surface area contributed by atoms with E-state index < -0.39 is 0 Å². The van der Waals surface area contributed by atoms with Crippen LogP contribution in [0.4, 0.5) is 0 Å². The number of carbonyl (C=O) groups is 1. The number of nitrogens with one attached hydrogen (secondary N) is 1. The second-order valence-corrected chi connectivity index (χ2v) is 6.18. The predicted molar refractivity (Wildman–Crippen MR) is 80.1 cm³/mol. The third kappa shape index (κ3) is 4.41. The van der Waals surface area contributed by atoms with Crippen molar-refractivity contribution in [2.24, 2.45) is 0 Å². The Balaban J connectivity index is 1.85. The Morgan fingerprint density at radius 1 is 1.52 bits per heavy atom. The van der Waals surface area contributed by atoms with E-state index in [4.69, 9.17) is 4.74 Å². The number of nitrogens with zero attached hydrogens (tertiary/aromatic N) is 4. The average molecular weight is 313 g/mol. The van der Waals surface area contributed by atoms with Gasteiger partial charge >= 0.3 is 5.97 Å². The predicted octanol–water partition coefficient (Wildman–Crippen LogP) is 1.42. The monoisotopic (exact) mass is 313 g/mol. The Kier molecular flexibility index (Phi) is 6.44. The van der Waals surface area contributed by atoms with Crippen LogP contribution < -0.4 is 5.32 Å². The smallest absolute Gasteiger partial charge is 0.322 e. The number of methoxy groups -OCH3 is 1. The maximum atomic E-state index is 11.6. The van der Waals surface area contributed by atoms with Gasteiger partial charge in [-0.3, -0.25) is 4.79 Å². The molecular weight excluding hydrogens is 290 g/mol. The molecule has 118 valence electrons. The highest BCUT2D eigenvalue weighted by atomic mass is 32.2. The first-order chi connectivity index (χ1) is 10.3. The summed E-state index contributed by atoms with van der Waals surface area (Å²) in [6.07, 6.45) is 5.50. The third-order valence-corrected chi connectivity index (χ3v) is 4.67. The average Bonchev–Trinajstić information content (AvgIpc) is 3.16. The zero-order valence-corrected chi connectivity index (χ0v) is 13.4. The second-order valence-electron chi connectivity index (χ2n) is 5.11. The van der Waals surface area contributed by atoms with E-state index in [0.29, 0.717) is 12.5 Å². The molecule has 0 spiro atoms. The van der Waals surface area contributed by atoms with Gasteiger partial charge in [0.05, 0.1) is 13.2 Å². The van der Waals surface area contributed by atoms with Gasteiger partial charge in [-0.25, -0.2) is 4.68 Å². The Morgan fingerprint density at radius 3 is 2.95 bits per heavy atom. The minimum atomic E-state index is -0.261. The SMILES string of the molecule is CCNC(CCSc1nnnn1C1CCCC1)C(=O)OC. The molecular formula is C13H23N5O2S. The number of hydrogen-bond donors (Lipinski definition) is 1. The summed E-state index contributed by atoms with van der Waals surface area (Å²) >= 11 is 1.60. The molecule has 1 fully saturated rings. The number of thioether (sulfide) groups is 1. The molecule has 0 bridgehead atoms. The lowest BCUT2D eigenvalue weighted by molar-refractivity contribution is -0.143. The highest BCUT2D eigenvalue weighted by molar-refractivity contribution is 7.99. The van der Waals surface area contributed by atoms with Gasteiger partial charge in [-0.2, -0.15) is 0 Å². The zero-order chi connectivity index (χ0) is 15.1. The molecule has 8 heteroatoms. The molecule has 1 aromatic heterocycles. The van der Waals surface area contributed by atoms with Crippen molar-refractivity contribution in [3.05, 3.63) is 0 Å². The van der Waals surface area contributed by atoms with Crippen molar-refractivity contribution in [1.29, 1.82) is 0 Å². The number of tetrazole rings is 1. The molecule has 1 unspecified atom stereocenters. The molecule has 1 aliphatic rings. The summed E-state index contributed by atoms with van der Waals surface area (Å²) in [6.45, 7) is 2.72. The molecule has 0 amide bonds. The van der Waals surface area contributed by atoms with E-state index in [1.54, 1.807) is 11.8 Å². The van der Waals surface area contributed by atoms with Crippen molar-refractivity contribution in [3.63, 3.8) is 0 Å². The van der Waals surface area contributed by atoms with Gasteiger partial charge in [0.2, 0.25) is 5.16 Å². The standard InChI is InChI=1S/C13H23N5O2S/c1-3-14-11(12(19)20-2)8-9-21-13-15-16-17-18(13)10-6-4-5-7-10/h10-11,14H,3-9H2,1-2H3. The molecule has 1 atom stereocenters. The molecule has 0 radical (unpaired) electrons. The third-order valence-electron chi connectivity index (χ3n) is 3.71. The molecule has 1 saturated carbocycles. The maximum Gasteiger partial charge on any atom is 0.322 e. The van der Waals surface area contributed by atoms with Crippen LogP contribution in [-0.2, 0) is 9.53 Å². The van der Waals surface area contributed by atoms with E-state index in [0.717, 1.165) is 30.3 Å². The van der Waals surface area contributed by atoms with Crippen molar-refractivity contribution in [2.45, 2.75) is 56.3 Å². The Labute approximate surface area is 129 Å². The minimum Gasteiger partial charge on any atom is -0.468 e. The Morgan fingerprint density at radius 2 is 2.29 bits per heavy atom. The lowest BCUT2D eigenvalue weighted by Crippen LogP contribution is -2.37. The summed E-state index contributed by atoms with van der Waals surface area (Å²) in [5, 5.41) is 16.0. The lowest BCUT2D eigenvalue weighted by Gasteiger charge is -2.15. The molecule has 1 N–H and O–H groups in total. The first kappa shape index (κ1) is 16.2. The van der Waals surface area contributed by atoms with Crippen LogP contribution in [-0.4, -0.2) is 51.6 Å². The van der Waals surface area contributed by atoms with Crippen LogP contribution in [0.2, 0.25) is 0 Å². The van der Waals surface area contributed by atoms with Crippen LogP contribution in [0.15, 0.2) is 5.16 Å². The normalized spacial score (nSPS) is 17.0. The van der Waals surface area contributed by atoms with E-state index in [2.05, 4.69) is 20.8 Å². The van der Waals surface area contributed by atoms with Crippen LogP contribution in [0.1, 0.15) is 45.1 Å². The van der Waals surface area contributed by atoms with Gasteiger partial charge in [-0.15, -0.1) is 5.10 Å². The molecule has 7 nitrogen and oxygen atoms in total. The summed E-state index contributed by atoms with van der Waals surface area (Å²) in [6, 6.07) is 0.177. The Hall–Kier alpha value is -1.15. The number of rotatable bonds is 8. The molecule has 1 heterocycles. The largest absolute Gasteiger partial charge is 0.468 e. The number of hydrogen-bond acceptors (Lipinski definition) is 7. The van der Waals surface area contributed by atoms with Crippen LogP contribution >= 0.6 is 11.8 Å². The van der Waals surface area contributed by atoms with Crippen molar-refractivity contribution < 1.29 is 9.53 Å². The zero-order valence-electron chi connectivity index (χ0n) is 12.6. The molecule has 0 aromatic carbocycles. The number of ether oxygens (including phenoxy) is 1. The van der Waals surface area contributed by atoms with Crippen molar-refractivity contribution in [1.82, 2.24) is 25.5 Å². The number of esters is 1. The van der Waals surface area contributed by atoms with Crippen molar-refractivity contribution in [3.8, 4) is 0 Å². The Bertz CT molecular complexity index is 448. The number of carbonyl (C=O) groups excluding carboxylic acids is 1. The van der Waals surface area contributed by atoms with Gasteiger partial charge in [-0.05, 0) is 36.2 Å². The topological polar surface area (TPSA) is 81.9 Å². The van der Waals surface area contributed by atoms with E-state index in [1.165, 1.54) is 20.0 Å². The van der Waals surface area contributed by atoms with E-state index in [1.807, 2.05) is 11.6 Å². The molecule has 0 aliphatic heterocycles. The highest BCUT2D eigenvalue weighted by Gasteiger charge is 2.22. The van der Waals surface area contributed by atoms with Gasteiger partial charge < -0.3 is 10.1 Å². The fourth-order valence-electron chi connectivity index (χ4n) is 2.62. The first-order valence-electron chi connectivity index (χ1n) is 7.48. The van der Waals surface area contributed by atoms with E-state index >= 15 is 0 Å². The molecule has 1 aromatic rings. The van der Waals surface area contributed by atoms with Gasteiger partial charge in [0, 0.05) is 5.75 Å². The quantitative estimate of drug-likeness (QED) is 0.574. The summed E-state index contributed by atoms with van der Waals surface area (Å²) < 4.78 is 6.74. The molecule has 0 saturated heterocycles. The number of likely N-dealkylation sites (N-methyl/N-ethyl adjacent to an activating group) is 1. The van der Waals surface area contributed by atoms with Crippen LogP contribution in [0.3, 0.4) is 0 Å². The van der Waals surface area contributed by atoms with Crippen molar-refractivity contribution >= 4 is 17.7 Å². The fraction of sp³-hybridized carbons (Fsp3) is 0.846. The molecule has 1 aliphatic carbocycles. The second kappa shape index (κ2) is 8.33. The van der Waals surface area contributed by atoms with E-state index in [9.17, 15) is 4.79 Å². The maximum absolute atomic E-state index is 11.6. The molecule has 2 rings (SSSR count). The van der Waals surface area contributed by atoms with Gasteiger partial charge in [0.15, 0.2) is 0 Å². The lowest BCUT2D eigenvalue weighted by atomic mass is 10.2. The highest BCUT2D eigenvalue weighted by Crippen LogP contribution is 2.31. The van der Waals surface area contributed by atoms with E-state index in [-0.39, 0.29) is 12.0 Å². The van der Waals surface area contributed by atoms with Gasteiger partial charge in [0.25, 0.3) is 0 Å². The van der Waals surface area contributed by atoms with Crippen LogP contribution in [0, 0.1) is 0 Å². The minimum absolute atomic E-state index is 0.215. The fourth-order valence-corrected chi connectivity index (χ4v) is 3.57. The first-order valence-corrected chi connectivity index (χ1v) is 8.46. The van der Waals surface area contributed by atoms with Gasteiger partial charge in [-0.1, -0.05) is 31.5 Å². The summed E-state index contributed by atoms with van der Waals surface area (Å²) in [5.41, 5.74) is 0. The number of aromatic nitrogens is 4. The van der Waals surface area contributed by atoms with Gasteiger partial charge in [0.1, 0.15) is 6.04 Å². The van der Waals surface area contributed by atoms with Crippen LogP contribution in [0.5, 0.6) is 0 Å². The summed E-state index contributed by atoms with van der Waals surface area (Å²) in [7, 11) is 1.42. The summed E-state index contributed by atoms with van der Waals surface area (Å²) in [4.78, 5) is 11.6. The van der Waals surface area contributed by atoms with Crippen molar-refractivity contribution in [2.75, 3.05) is 19.4 Å². The summed E-state index contributed by atoms with van der Waals surface area (Å²) in [5.74, 6) is 0.563. The molecule has 21 heavy (non-hydrogen) atoms.